The zero-order chi connectivity index (χ0) is 14.7. The monoisotopic (exact) mass is 276 g/mol. The Morgan fingerprint density at radius 3 is 2.60 bits per heavy atom. The number of carboxylic acid groups (broad SMARTS) is 1. The molecule has 1 aliphatic rings. The molecule has 1 saturated carbocycles. The summed E-state index contributed by atoms with van der Waals surface area (Å²) >= 11 is 0. The Labute approximate surface area is 118 Å². The van der Waals surface area contributed by atoms with E-state index in [-0.39, 0.29) is 17.9 Å². The molecule has 5 nitrogen and oxygen atoms in total. The van der Waals surface area contributed by atoms with E-state index in [1.54, 1.807) is 0 Å². The van der Waals surface area contributed by atoms with Crippen molar-refractivity contribution in [1.82, 2.24) is 5.32 Å². The summed E-state index contributed by atoms with van der Waals surface area (Å²) in [7, 11) is 0. The number of aliphatic carboxylic acids is 1. The normalized spacial score (nSPS) is 17.3. The van der Waals surface area contributed by atoms with Gasteiger partial charge in [0.15, 0.2) is 0 Å². The Bertz CT molecular complexity index is 512. The van der Waals surface area contributed by atoms with E-state index < -0.39 is 12.0 Å². The average Bonchev–Trinajstić information content (AvgIpc) is 3.19. The third kappa shape index (κ3) is 3.81. The molecule has 0 bridgehead atoms. The van der Waals surface area contributed by atoms with E-state index in [9.17, 15) is 14.7 Å². The van der Waals surface area contributed by atoms with E-state index in [2.05, 4.69) is 10.6 Å². The van der Waals surface area contributed by atoms with Crippen LogP contribution in [-0.2, 0) is 9.59 Å². The predicted octanol–water partition coefficient (Wildman–Crippen LogP) is 2.16. The zero-order valence-corrected chi connectivity index (χ0v) is 11.7. The number of carboxylic acids is 1. The van der Waals surface area contributed by atoms with Gasteiger partial charge in [0.2, 0.25) is 5.91 Å². The number of benzene rings is 1. The molecule has 20 heavy (non-hydrogen) atoms. The second-order valence-electron chi connectivity index (χ2n) is 5.35. The van der Waals surface area contributed by atoms with Crippen molar-refractivity contribution in [3.8, 4) is 0 Å². The summed E-state index contributed by atoms with van der Waals surface area (Å²) in [5.74, 6) is -0.671. The van der Waals surface area contributed by atoms with Crippen LogP contribution in [0.5, 0.6) is 0 Å². The number of nitrogens with one attached hydrogen (secondary N) is 2. The Morgan fingerprint density at radius 2 is 2.05 bits per heavy atom. The van der Waals surface area contributed by atoms with E-state index in [0.29, 0.717) is 0 Å². The molecule has 0 radical (unpaired) electrons. The van der Waals surface area contributed by atoms with E-state index in [1.807, 2.05) is 31.2 Å². The first-order valence-corrected chi connectivity index (χ1v) is 6.84. The Balaban J connectivity index is 2.06. The van der Waals surface area contributed by atoms with Crippen molar-refractivity contribution in [1.29, 1.82) is 0 Å². The fourth-order valence-corrected chi connectivity index (χ4v) is 2.29. The number of amides is 1. The molecule has 1 aromatic rings. The lowest BCUT2D eigenvalue weighted by atomic mass is 10.0. The number of carbonyl (C=O) groups is 2. The van der Waals surface area contributed by atoms with Crippen LogP contribution in [-0.4, -0.2) is 23.0 Å². The smallest absolute Gasteiger partial charge is 0.320 e. The molecule has 0 spiro atoms. The largest absolute Gasteiger partial charge is 0.480 e. The fraction of sp³-hybridized carbons (Fsp3) is 0.467. The molecule has 0 aliphatic heterocycles. The lowest BCUT2D eigenvalue weighted by molar-refractivity contribution is -0.140. The van der Waals surface area contributed by atoms with Crippen molar-refractivity contribution >= 4 is 17.6 Å². The molecule has 1 aromatic carbocycles. The van der Waals surface area contributed by atoms with Gasteiger partial charge < -0.3 is 10.4 Å². The highest BCUT2D eigenvalue weighted by atomic mass is 16.4. The standard InChI is InChI=1S/C15H20N2O3/c1-9(16-14(15(19)20)11-6-7-11)12-4-3-5-13(8-12)17-10(2)18/h3-5,8-9,11,14,16H,6-7H2,1-2H3,(H,17,18)(H,19,20). The number of hydrogen-bond acceptors (Lipinski definition) is 3. The van der Waals surface area contributed by atoms with Crippen molar-refractivity contribution in [2.75, 3.05) is 5.32 Å². The lowest BCUT2D eigenvalue weighted by Crippen LogP contribution is -2.40. The van der Waals surface area contributed by atoms with Gasteiger partial charge in [-0.25, -0.2) is 0 Å². The van der Waals surface area contributed by atoms with Crippen molar-refractivity contribution < 1.29 is 14.7 Å². The summed E-state index contributed by atoms with van der Waals surface area (Å²) in [5, 5.41) is 15.1. The minimum atomic E-state index is -0.794. The zero-order valence-electron chi connectivity index (χ0n) is 11.7. The molecule has 1 amide bonds. The summed E-state index contributed by atoms with van der Waals surface area (Å²) in [6, 6.07) is 6.89. The minimum Gasteiger partial charge on any atom is -0.480 e. The average molecular weight is 276 g/mol. The highest BCUT2D eigenvalue weighted by Crippen LogP contribution is 2.34. The molecule has 1 fully saturated rings. The molecular weight excluding hydrogens is 256 g/mol. The Kier molecular flexibility index (Phi) is 4.39. The molecule has 0 aromatic heterocycles. The van der Waals surface area contributed by atoms with Crippen molar-refractivity contribution in [3.63, 3.8) is 0 Å². The molecule has 3 N–H and O–H groups in total. The van der Waals surface area contributed by atoms with Crippen LogP contribution in [0.1, 0.15) is 38.3 Å². The van der Waals surface area contributed by atoms with Gasteiger partial charge in [0.05, 0.1) is 0 Å². The van der Waals surface area contributed by atoms with Crippen molar-refractivity contribution in [2.24, 2.45) is 5.92 Å². The summed E-state index contributed by atoms with van der Waals surface area (Å²) in [4.78, 5) is 22.3. The number of hydrogen-bond donors (Lipinski definition) is 3. The van der Waals surface area contributed by atoms with Crippen LogP contribution < -0.4 is 10.6 Å². The molecule has 2 rings (SSSR count). The topological polar surface area (TPSA) is 78.4 Å². The first kappa shape index (κ1) is 14.5. The van der Waals surface area contributed by atoms with Gasteiger partial charge in [-0.1, -0.05) is 12.1 Å². The highest BCUT2D eigenvalue weighted by Gasteiger charge is 2.36. The third-order valence-electron chi connectivity index (χ3n) is 3.50. The number of anilines is 1. The second-order valence-corrected chi connectivity index (χ2v) is 5.35. The Morgan fingerprint density at radius 1 is 1.35 bits per heavy atom. The van der Waals surface area contributed by atoms with Gasteiger partial charge in [-0.2, -0.15) is 0 Å². The summed E-state index contributed by atoms with van der Waals surface area (Å²) < 4.78 is 0. The van der Waals surface area contributed by atoms with Crippen LogP contribution in [0.15, 0.2) is 24.3 Å². The lowest BCUT2D eigenvalue weighted by Gasteiger charge is -2.20. The molecule has 0 heterocycles. The summed E-state index contributed by atoms with van der Waals surface area (Å²) in [6.45, 7) is 3.40. The maximum Gasteiger partial charge on any atom is 0.320 e. The number of rotatable bonds is 6. The van der Waals surface area contributed by atoms with Gasteiger partial charge in [0.25, 0.3) is 0 Å². The summed E-state index contributed by atoms with van der Waals surface area (Å²) in [5.41, 5.74) is 1.69. The maximum absolute atomic E-state index is 11.2. The first-order valence-electron chi connectivity index (χ1n) is 6.84. The second kappa shape index (κ2) is 6.05. The van der Waals surface area contributed by atoms with Gasteiger partial charge >= 0.3 is 5.97 Å². The molecular formula is C15H20N2O3. The van der Waals surface area contributed by atoms with E-state index in [0.717, 1.165) is 24.1 Å². The maximum atomic E-state index is 11.2. The van der Waals surface area contributed by atoms with Crippen LogP contribution in [0.25, 0.3) is 0 Å². The molecule has 1 aliphatic carbocycles. The summed E-state index contributed by atoms with van der Waals surface area (Å²) in [6.07, 6.45) is 1.95. The van der Waals surface area contributed by atoms with E-state index in [1.165, 1.54) is 6.92 Å². The SMILES string of the molecule is CC(=O)Nc1cccc(C(C)NC(C(=O)O)C2CC2)c1. The van der Waals surface area contributed by atoms with Gasteiger partial charge in [0, 0.05) is 18.7 Å². The molecule has 108 valence electrons. The van der Waals surface area contributed by atoms with Crippen LogP contribution >= 0.6 is 0 Å². The van der Waals surface area contributed by atoms with E-state index >= 15 is 0 Å². The fourth-order valence-electron chi connectivity index (χ4n) is 2.29. The van der Waals surface area contributed by atoms with E-state index in [4.69, 9.17) is 0 Å². The first-order chi connectivity index (χ1) is 9.47. The minimum absolute atomic E-state index is 0.0783. The van der Waals surface area contributed by atoms with Gasteiger partial charge in [-0.3, -0.25) is 14.9 Å². The van der Waals surface area contributed by atoms with Crippen LogP contribution in [0.4, 0.5) is 5.69 Å². The predicted molar refractivity (Wildman–Crippen MR) is 76.4 cm³/mol. The Hall–Kier alpha value is -1.88. The molecule has 2 unspecified atom stereocenters. The van der Waals surface area contributed by atoms with Gasteiger partial charge in [-0.15, -0.1) is 0 Å². The third-order valence-corrected chi connectivity index (χ3v) is 3.50. The van der Waals surface area contributed by atoms with Crippen molar-refractivity contribution in [3.05, 3.63) is 29.8 Å². The van der Waals surface area contributed by atoms with Crippen LogP contribution in [0.2, 0.25) is 0 Å². The van der Waals surface area contributed by atoms with Gasteiger partial charge in [0.1, 0.15) is 6.04 Å². The molecule has 5 heteroatoms. The molecule has 0 saturated heterocycles. The van der Waals surface area contributed by atoms with Crippen LogP contribution in [0.3, 0.4) is 0 Å². The highest BCUT2D eigenvalue weighted by molar-refractivity contribution is 5.88. The van der Waals surface area contributed by atoms with Gasteiger partial charge in [-0.05, 0) is 43.4 Å². The quantitative estimate of drug-likeness (QED) is 0.744. The molecule has 2 atom stereocenters. The van der Waals surface area contributed by atoms with Crippen molar-refractivity contribution in [2.45, 2.75) is 38.8 Å². The number of carbonyl (C=O) groups excluding carboxylic acids is 1. The van der Waals surface area contributed by atoms with Crippen LogP contribution in [0, 0.1) is 5.92 Å².